The zero-order chi connectivity index (χ0) is 18.6. The van der Waals surface area contributed by atoms with Crippen LogP contribution in [0.15, 0.2) is 82.3 Å². The van der Waals surface area contributed by atoms with E-state index >= 15 is 0 Å². The molecule has 26 heavy (non-hydrogen) atoms. The minimum atomic E-state index is -3.72. The maximum absolute atomic E-state index is 13.0. The summed E-state index contributed by atoms with van der Waals surface area (Å²) in [6, 6.07) is 18.5. The van der Waals surface area contributed by atoms with E-state index in [0.717, 1.165) is 5.56 Å². The van der Waals surface area contributed by atoms with Gasteiger partial charge in [-0.1, -0.05) is 35.9 Å². The van der Waals surface area contributed by atoms with Crippen LogP contribution >= 0.6 is 0 Å². The third-order valence-electron chi connectivity index (χ3n) is 4.07. The zero-order valence-corrected chi connectivity index (χ0v) is 15.1. The molecular formula is C20H19NO4S. The van der Waals surface area contributed by atoms with Crippen molar-refractivity contribution in [2.45, 2.75) is 17.1 Å². The Morgan fingerprint density at radius 3 is 2.31 bits per heavy atom. The molecule has 0 unspecified atom stereocenters. The molecule has 1 heterocycles. The van der Waals surface area contributed by atoms with E-state index in [1.54, 1.807) is 42.5 Å². The molecule has 6 heteroatoms. The molecule has 2 aromatic carbocycles. The molecule has 0 bridgehead atoms. The molecular weight excluding hydrogens is 350 g/mol. The molecule has 5 nitrogen and oxygen atoms in total. The fourth-order valence-electron chi connectivity index (χ4n) is 2.60. The van der Waals surface area contributed by atoms with Crippen LogP contribution in [0.3, 0.4) is 0 Å². The summed E-state index contributed by atoms with van der Waals surface area (Å²) in [4.78, 5) is 12.5. The van der Waals surface area contributed by atoms with Gasteiger partial charge in [-0.15, -0.1) is 0 Å². The number of carbonyl (C=O) groups is 1. The van der Waals surface area contributed by atoms with Crippen molar-refractivity contribution in [1.29, 1.82) is 0 Å². The fraction of sp³-hybridized carbons (Fsp3) is 0.150. The van der Waals surface area contributed by atoms with Crippen molar-refractivity contribution >= 4 is 15.7 Å². The Morgan fingerprint density at radius 1 is 1.00 bits per heavy atom. The number of hydrogen-bond donors (Lipinski definition) is 1. The molecule has 1 aromatic heterocycles. The van der Waals surface area contributed by atoms with Gasteiger partial charge in [-0.3, -0.25) is 4.79 Å². The lowest BCUT2D eigenvalue weighted by molar-refractivity contribution is 0.0953. The molecule has 0 aliphatic heterocycles. The second-order valence-electron chi connectivity index (χ2n) is 5.94. The van der Waals surface area contributed by atoms with Gasteiger partial charge in [-0.05, 0) is 43.3 Å². The van der Waals surface area contributed by atoms with Gasteiger partial charge in [0.1, 0.15) is 11.0 Å². The highest BCUT2D eigenvalue weighted by Crippen LogP contribution is 2.28. The van der Waals surface area contributed by atoms with Gasteiger partial charge in [0.15, 0.2) is 9.84 Å². The van der Waals surface area contributed by atoms with Gasteiger partial charge < -0.3 is 9.73 Å². The van der Waals surface area contributed by atoms with Crippen LogP contribution in [-0.4, -0.2) is 20.9 Å². The third-order valence-corrected chi connectivity index (χ3v) is 6.15. The summed E-state index contributed by atoms with van der Waals surface area (Å²) >= 11 is 0. The monoisotopic (exact) mass is 369 g/mol. The molecule has 0 spiro atoms. The lowest BCUT2D eigenvalue weighted by Gasteiger charge is -2.16. The number of nitrogens with one attached hydrogen (secondary N) is 1. The average Bonchev–Trinajstić information content (AvgIpc) is 3.17. The van der Waals surface area contributed by atoms with Gasteiger partial charge in [0.2, 0.25) is 0 Å². The number of furan rings is 1. The van der Waals surface area contributed by atoms with Gasteiger partial charge in [0, 0.05) is 12.1 Å². The normalized spacial score (nSPS) is 12.5. The van der Waals surface area contributed by atoms with Gasteiger partial charge >= 0.3 is 0 Å². The summed E-state index contributed by atoms with van der Waals surface area (Å²) in [6.07, 6.45) is 1.42. The molecule has 0 fully saturated rings. The Balaban J connectivity index is 1.84. The fourth-order valence-corrected chi connectivity index (χ4v) is 4.21. The topological polar surface area (TPSA) is 76.4 Å². The summed E-state index contributed by atoms with van der Waals surface area (Å²) in [5.41, 5.74) is 1.52. The highest BCUT2D eigenvalue weighted by atomic mass is 32.2. The van der Waals surface area contributed by atoms with Crippen molar-refractivity contribution in [3.63, 3.8) is 0 Å². The maximum Gasteiger partial charge on any atom is 0.251 e. The smallest absolute Gasteiger partial charge is 0.251 e. The number of aryl methyl sites for hydroxylation is 1. The van der Waals surface area contributed by atoms with E-state index in [0.29, 0.717) is 5.56 Å². The highest BCUT2D eigenvalue weighted by molar-refractivity contribution is 7.91. The second-order valence-corrected chi connectivity index (χ2v) is 8.07. The summed E-state index contributed by atoms with van der Waals surface area (Å²) in [6.45, 7) is 1.85. The summed E-state index contributed by atoms with van der Waals surface area (Å²) in [5, 5.41) is 1.70. The lowest BCUT2D eigenvalue weighted by atomic mass is 10.1. The lowest BCUT2D eigenvalue weighted by Crippen LogP contribution is -2.31. The van der Waals surface area contributed by atoms with Gasteiger partial charge in [-0.25, -0.2) is 8.42 Å². The van der Waals surface area contributed by atoms with E-state index in [4.69, 9.17) is 4.42 Å². The van der Waals surface area contributed by atoms with Crippen LogP contribution in [0.1, 0.15) is 26.9 Å². The third kappa shape index (κ3) is 3.86. The Morgan fingerprint density at radius 2 is 1.69 bits per heavy atom. The number of sulfone groups is 1. The molecule has 134 valence electrons. The molecule has 0 aliphatic rings. The van der Waals surface area contributed by atoms with E-state index in [2.05, 4.69) is 5.32 Å². The van der Waals surface area contributed by atoms with Crippen molar-refractivity contribution in [2.75, 3.05) is 6.54 Å². The van der Waals surface area contributed by atoms with E-state index in [-0.39, 0.29) is 23.1 Å². The first-order valence-corrected chi connectivity index (χ1v) is 9.70. The number of amides is 1. The van der Waals surface area contributed by atoms with Crippen molar-refractivity contribution in [1.82, 2.24) is 5.32 Å². The standard InChI is InChI=1S/C20H19NO4S/c1-15-9-11-16(12-10-15)20(22)21-14-19(18-8-5-13-25-18)26(23,24)17-6-3-2-4-7-17/h2-13,19H,14H2,1H3,(H,21,22)/t19-/m1/s1. The molecule has 3 rings (SSSR count). The van der Waals surface area contributed by atoms with Gasteiger partial charge in [0.25, 0.3) is 5.91 Å². The predicted octanol–water partition coefficient (Wildman–Crippen LogP) is 3.53. The van der Waals surface area contributed by atoms with Crippen LogP contribution in [0.2, 0.25) is 0 Å². The molecule has 0 saturated carbocycles. The molecule has 1 amide bonds. The SMILES string of the molecule is Cc1ccc(C(=O)NC[C@H](c2ccco2)S(=O)(=O)c2ccccc2)cc1. The van der Waals surface area contributed by atoms with Crippen molar-refractivity contribution < 1.29 is 17.6 Å². The number of rotatable bonds is 6. The Hall–Kier alpha value is -2.86. The van der Waals surface area contributed by atoms with Crippen LogP contribution in [0, 0.1) is 6.92 Å². The molecule has 3 aromatic rings. The van der Waals surface area contributed by atoms with Gasteiger partial charge in [-0.2, -0.15) is 0 Å². The largest absolute Gasteiger partial charge is 0.468 e. The van der Waals surface area contributed by atoms with Gasteiger partial charge in [0.05, 0.1) is 11.2 Å². The van der Waals surface area contributed by atoms with Crippen LogP contribution < -0.4 is 5.32 Å². The average molecular weight is 369 g/mol. The summed E-state index contributed by atoms with van der Waals surface area (Å²) < 4.78 is 31.4. The maximum atomic E-state index is 13.0. The summed E-state index contributed by atoms with van der Waals surface area (Å²) in [5.74, 6) is -0.0390. The Bertz CT molecular complexity index is 962. The van der Waals surface area contributed by atoms with Crippen LogP contribution in [0.25, 0.3) is 0 Å². The molecule has 0 aliphatic carbocycles. The molecule has 0 saturated heterocycles. The molecule has 0 radical (unpaired) electrons. The molecule has 1 atom stereocenters. The number of hydrogen-bond acceptors (Lipinski definition) is 4. The first kappa shape index (κ1) is 17.9. The van der Waals surface area contributed by atoms with Crippen LogP contribution in [-0.2, 0) is 9.84 Å². The van der Waals surface area contributed by atoms with Crippen molar-refractivity contribution in [2.24, 2.45) is 0 Å². The van der Waals surface area contributed by atoms with E-state index in [1.165, 1.54) is 18.4 Å². The zero-order valence-electron chi connectivity index (χ0n) is 14.3. The molecule has 1 N–H and O–H groups in total. The van der Waals surface area contributed by atoms with Crippen LogP contribution in [0.4, 0.5) is 0 Å². The quantitative estimate of drug-likeness (QED) is 0.721. The number of benzene rings is 2. The highest BCUT2D eigenvalue weighted by Gasteiger charge is 2.31. The van der Waals surface area contributed by atoms with Crippen LogP contribution in [0.5, 0.6) is 0 Å². The minimum Gasteiger partial charge on any atom is -0.468 e. The second kappa shape index (κ2) is 7.58. The first-order chi connectivity index (χ1) is 12.5. The first-order valence-electron chi connectivity index (χ1n) is 8.15. The predicted molar refractivity (Wildman–Crippen MR) is 98.6 cm³/mol. The minimum absolute atomic E-state index is 0.0859. The Kier molecular flexibility index (Phi) is 5.23. The van der Waals surface area contributed by atoms with E-state index in [1.807, 2.05) is 19.1 Å². The Labute approximate surface area is 152 Å². The van der Waals surface area contributed by atoms with Crippen molar-refractivity contribution in [3.8, 4) is 0 Å². The van der Waals surface area contributed by atoms with E-state index in [9.17, 15) is 13.2 Å². The summed E-state index contributed by atoms with van der Waals surface area (Å²) in [7, 11) is -3.72. The van der Waals surface area contributed by atoms with E-state index < -0.39 is 15.1 Å². The van der Waals surface area contributed by atoms with Crippen molar-refractivity contribution in [3.05, 3.63) is 89.9 Å². The number of carbonyl (C=O) groups excluding carboxylic acids is 1.